The molecule has 0 unspecified atom stereocenters. The molecule has 1 N–H and O–H groups in total. The topological polar surface area (TPSA) is 92.5 Å². The number of benzene rings is 1. The van der Waals surface area contributed by atoms with E-state index in [1.807, 2.05) is 0 Å². The van der Waals surface area contributed by atoms with E-state index in [2.05, 4.69) is 5.10 Å². The highest BCUT2D eigenvalue weighted by Crippen LogP contribution is 2.43. The Morgan fingerprint density at radius 2 is 1.96 bits per heavy atom. The first-order valence-corrected chi connectivity index (χ1v) is 8.61. The second-order valence-corrected chi connectivity index (χ2v) is 7.81. The van der Waals surface area contributed by atoms with Crippen molar-refractivity contribution in [3.63, 3.8) is 0 Å². The highest BCUT2D eigenvalue weighted by molar-refractivity contribution is 7.89. The van der Waals surface area contributed by atoms with Crippen molar-refractivity contribution in [1.82, 2.24) is 14.1 Å². The summed E-state index contributed by atoms with van der Waals surface area (Å²) in [7, 11) is -0.748. The van der Waals surface area contributed by atoms with Crippen molar-refractivity contribution in [3.05, 3.63) is 41.7 Å². The van der Waals surface area contributed by atoms with E-state index >= 15 is 0 Å². The number of nitrogens with zero attached hydrogens (tertiary/aromatic N) is 3. The minimum absolute atomic E-state index is 0.104. The number of carboxylic acid groups (broad SMARTS) is 1. The highest BCUT2D eigenvalue weighted by Gasteiger charge is 2.34. The summed E-state index contributed by atoms with van der Waals surface area (Å²) in [5.41, 5.74) is 1.07. The van der Waals surface area contributed by atoms with Gasteiger partial charge in [-0.25, -0.2) is 22.2 Å². The maximum absolute atomic E-state index is 12.5. The summed E-state index contributed by atoms with van der Waals surface area (Å²) in [4.78, 5) is 11.5. The molecular weight excluding hydrogens is 318 g/mol. The fraction of sp³-hybridized carbons (Fsp3) is 0.333. The molecule has 3 rings (SSSR count). The molecule has 0 aliphatic heterocycles. The van der Waals surface area contributed by atoms with E-state index in [0.29, 0.717) is 11.4 Å². The Hall–Kier alpha value is -2.19. The number of para-hydroxylation sites is 1. The quantitative estimate of drug-likeness (QED) is 0.898. The molecule has 0 radical (unpaired) electrons. The second kappa shape index (κ2) is 5.47. The molecule has 0 amide bonds. The molecule has 0 atom stereocenters. The van der Waals surface area contributed by atoms with Gasteiger partial charge < -0.3 is 5.11 Å². The molecule has 23 heavy (non-hydrogen) atoms. The van der Waals surface area contributed by atoms with Gasteiger partial charge in [-0.05, 0) is 25.0 Å². The van der Waals surface area contributed by atoms with E-state index in [1.165, 1.54) is 31.0 Å². The maximum Gasteiger partial charge on any atom is 0.339 e. The average Bonchev–Trinajstić information content (AvgIpc) is 3.25. The number of aromatic nitrogens is 2. The van der Waals surface area contributed by atoms with Crippen LogP contribution in [0.2, 0.25) is 0 Å². The van der Waals surface area contributed by atoms with Crippen molar-refractivity contribution in [2.75, 3.05) is 14.1 Å². The third kappa shape index (κ3) is 2.64. The monoisotopic (exact) mass is 335 g/mol. The van der Waals surface area contributed by atoms with Crippen LogP contribution in [0.5, 0.6) is 0 Å². The summed E-state index contributed by atoms with van der Waals surface area (Å²) >= 11 is 0. The molecule has 0 bridgehead atoms. The Kier molecular flexibility index (Phi) is 3.73. The van der Waals surface area contributed by atoms with Crippen molar-refractivity contribution >= 4 is 16.0 Å². The minimum Gasteiger partial charge on any atom is -0.478 e. The summed E-state index contributed by atoms with van der Waals surface area (Å²) in [5, 5.41) is 13.5. The van der Waals surface area contributed by atoms with Crippen LogP contribution in [0.1, 0.15) is 34.8 Å². The molecule has 1 aromatic carbocycles. The fourth-order valence-corrected chi connectivity index (χ4v) is 3.57. The first-order chi connectivity index (χ1) is 10.8. The fourth-order valence-electron chi connectivity index (χ4n) is 2.51. The first kappa shape index (κ1) is 15.7. The Morgan fingerprint density at radius 1 is 1.30 bits per heavy atom. The molecule has 1 aliphatic rings. The van der Waals surface area contributed by atoms with Gasteiger partial charge in [-0.2, -0.15) is 5.10 Å². The van der Waals surface area contributed by atoms with Gasteiger partial charge >= 0.3 is 5.97 Å². The number of hydrogen-bond donors (Lipinski definition) is 1. The van der Waals surface area contributed by atoms with Crippen LogP contribution in [0.25, 0.3) is 5.69 Å². The molecule has 1 heterocycles. The van der Waals surface area contributed by atoms with Gasteiger partial charge in [-0.15, -0.1) is 0 Å². The number of carboxylic acids is 1. The van der Waals surface area contributed by atoms with Gasteiger partial charge in [0, 0.05) is 20.0 Å². The van der Waals surface area contributed by atoms with E-state index in [0.717, 1.165) is 17.1 Å². The van der Waals surface area contributed by atoms with Gasteiger partial charge in [0.15, 0.2) is 0 Å². The summed E-state index contributed by atoms with van der Waals surface area (Å²) < 4.78 is 27.6. The average molecular weight is 335 g/mol. The molecule has 1 aliphatic carbocycles. The zero-order valence-corrected chi connectivity index (χ0v) is 13.6. The molecule has 122 valence electrons. The van der Waals surface area contributed by atoms with E-state index in [4.69, 9.17) is 0 Å². The lowest BCUT2D eigenvalue weighted by Crippen LogP contribution is -2.24. The van der Waals surface area contributed by atoms with Gasteiger partial charge in [0.05, 0.1) is 17.6 Å². The summed E-state index contributed by atoms with van der Waals surface area (Å²) in [6, 6.07) is 6.49. The molecule has 0 saturated heterocycles. The number of carbonyl (C=O) groups is 1. The maximum atomic E-state index is 12.5. The summed E-state index contributed by atoms with van der Waals surface area (Å²) in [6.45, 7) is 0. The van der Waals surface area contributed by atoms with Gasteiger partial charge in [0.25, 0.3) is 0 Å². The highest BCUT2D eigenvalue weighted by atomic mass is 32.2. The molecular formula is C15H17N3O4S. The van der Waals surface area contributed by atoms with Gasteiger partial charge in [0.2, 0.25) is 10.0 Å². The van der Waals surface area contributed by atoms with Crippen LogP contribution in [0.15, 0.2) is 35.4 Å². The van der Waals surface area contributed by atoms with Crippen LogP contribution in [0.3, 0.4) is 0 Å². The van der Waals surface area contributed by atoms with Gasteiger partial charge in [0.1, 0.15) is 10.5 Å². The molecule has 1 saturated carbocycles. The standard InChI is InChI=1S/C15H17N3O4S/c1-17(2)23(21,22)13-6-4-3-5-12(13)18-14(10-7-8-10)11(9-16-18)15(19)20/h3-6,9-10H,7-8H2,1-2H3,(H,19,20). The molecule has 7 nitrogen and oxygen atoms in total. The van der Waals surface area contributed by atoms with Crippen LogP contribution in [0.4, 0.5) is 0 Å². The third-order valence-electron chi connectivity index (χ3n) is 3.85. The Bertz CT molecular complexity index is 867. The van der Waals surface area contributed by atoms with Crippen molar-refractivity contribution in [2.24, 2.45) is 0 Å². The predicted molar refractivity (Wildman–Crippen MR) is 83.4 cm³/mol. The van der Waals surface area contributed by atoms with Crippen molar-refractivity contribution in [2.45, 2.75) is 23.7 Å². The van der Waals surface area contributed by atoms with Gasteiger partial charge in [-0.1, -0.05) is 12.1 Å². The number of rotatable bonds is 5. The smallest absolute Gasteiger partial charge is 0.339 e. The summed E-state index contributed by atoms with van der Waals surface area (Å²) in [5.74, 6) is -0.940. The normalized spacial score (nSPS) is 15.1. The van der Waals surface area contributed by atoms with E-state index in [1.54, 1.807) is 18.2 Å². The van der Waals surface area contributed by atoms with E-state index in [-0.39, 0.29) is 16.4 Å². The molecule has 1 fully saturated rings. The molecule has 1 aromatic heterocycles. The zero-order valence-electron chi connectivity index (χ0n) is 12.8. The number of hydrogen-bond acceptors (Lipinski definition) is 4. The number of aromatic carboxylic acids is 1. The first-order valence-electron chi connectivity index (χ1n) is 7.17. The minimum atomic E-state index is -3.66. The van der Waals surface area contributed by atoms with Crippen LogP contribution < -0.4 is 0 Å². The lowest BCUT2D eigenvalue weighted by atomic mass is 10.1. The molecule has 0 spiro atoms. The molecule has 2 aromatic rings. The van der Waals surface area contributed by atoms with Crippen LogP contribution >= 0.6 is 0 Å². The van der Waals surface area contributed by atoms with E-state index in [9.17, 15) is 18.3 Å². The van der Waals surface area contributed by atoms with Crippen LogP contribution in [-0.4, -0.2) is 47.7 Å². The Balaban J connectivity index is 2.24. The lowest BCUT2D eigenvalue weighted by molar-refractivity contribution is 0.0695. The Labute approximate surface area is 134 Å². The van der Waals surface area contributed by atoms with Crippen molar-refractivity contribution in [1.29, 1.82) is 0 Å². The number of sulfonamides is 1. The van der Waals surface area contributed by atoms with Gasteiger partial charge in [-0.3, -0.25) is 0 Å². The lowest BCUT2D eigenvalue weighted by Gasteiger charge is -2.16. The predicted octanol–water partition coefficient (Wildman–Crippen LogP) is 1.70. The third-order valence-corrected chi connectivity index (χ3v) is 5.72. The summed E-state index contributed by atoms with van der Waals surface area (Å²) in [6.07, 6.45) is 3.05. The van der Waals surface area contributed by atoms with E-state index < -0.39 is 16.0 Å². The zero-order chi connectivity index (χ0) is 16.8. The SMILES string of the molecule is CN(C)S(=O)(=O)c1ccccc1-n1ncc(C(=O)O)c1C1CC1. The van der Waals surface area contributed by atoms with Crippen molar-refractivity contribution < 1.29 is 18.3 Å². The largest absolute Gasteiger partial charge is 0.478 e. The Morgan fingerprint density at radius 3 is 2.52 bits per heavy atom. The van der Waals surface area contributed by atoms with Crippen molar-refractivity contribution in [3.8, 4) is 5.69 Å². The van der Waals surface area contributed by atoms with Crippen LogP contribution in [-0.2, 0) is 10.0 Å². The second-order valence-electron chi connectivity index (χ2n) is 5.69. The molecule has 8 heteroatoms. The van der Waals surface area contributed by atoms with Crippen LogP contribution in [0, 0.1) is 0 Å².